The zero-order valence-corrected chi connectivity index (χ0v) is 20.0. The first kappa shape index (κ1) is 24.6. The molecule has 4 heterocycles. The molecule has 11 nitrogen and oxygen atoms in total. The molecule has 2 saturated carbocycles. The Morgan fingerprint density at radius 1 is 1.21 bits per heavy atom. The molecule has 0 unspecified atom stereocenters. The van der Waals surface area contributed by atoms with Gasteiger partial charge < -0.3 is 16.0 Å². The summed E-state index contributed by atoms with van der Waals surface area (Å²) >= 11 is 0. The van der Waals surface area contributed by atoms with Crippen molar-refractivity contribution in [2.24, 2.45) is 23.5 Å². The highest BCUT2D eigenvalue weighted by molar-refractivity contribution is 5.91. The number of imidazole rings is 1. The Balaban J connectivity index is 1.30. The van der Waals surface area contributed by atoms with Crippen LogP contribution in [0.1, 0.15) is 59.0 Å². The van der Waals surface area contributed by atoms with E-state index in [4.69, 9.17) is 10.4 Å². The van der Waals surface area contributed by atoms with Crippen LogP contribution in [0.15, 0.2) is 23.1 Å². The van der Waals surface area contributed by atoms with E-state index in [2.05, 4.69) is 25.7 Å². The van der Waals surface area contributed by atoms with E-state index in [1.165, 1.54) is 15.6 Å². The molecule has 38 heavy (non-hydrogen) atoms. The largest absolute Gasteiger partial charge is 0.364 e. The van der Waals surface area contributed by atoms with E-state index >= 15 is 0 Å². The minimum Gasteiger partial charge on any atom is -0.364 e. The standard InChI is InChI=1S/C23H24F4N8O3/c24-22(25)3-1-12(2-4-22)17(18-19(20(28)36)33-38-32-18)15-10-35-16(31-15)5-11(6-30-35)8-34-9-14-13(23(14,26)27)7-29-21(34)37/h5-6,10,12-14,17H,1-4,7-9H2,(H2,28,36)(H,29,37)/t13-,14+,17+/m1/s1. The Morgan fingerprint density at radius 3 is 2.71 bits per heavy atom. The van der Waals surface area contributed by atoms with E-state index in [-0.39, 0.29) is 62.6 Å². The number of carbonyl (C=O) groups is 2. The van der Waals surface area contributed by atoms with Crippen LogP contribution in [0.5, 0.6) is 0 Å². The summed E-state index contributed by atoms with van der Waals surface area (Å²) in [6.45, 7) is -0.0820. The number of nitrogens with two attached hydrogens (primary N) is 1. The number of amides is 3. The van der Waals surface area contributed by atoms with Gasteiger partial charge in [0, 0.05) is 32.5 Å². The maximum atomic E-state index is 13.9. The lowest BCUT2D eigenvalue weighted by atomic mass is 9.75. The van der Waals surface area contributed by atoms with E-state index in [1.54, 1.807) is 12.3 Å². The Bertz CT molecular complexity index is 1400. The number of nitrogens with one attached hydrogen (secondary N) is 1. The van der Waals surface area contributed by atoms with Gasteiger partial charge in [-0.1, -0.05) is 5.16 Å². The molecular formula is C23H24F4N8O3. The van der Waals surface area contributed by atoms with Crippen LogP contribution >= 0.6 is 0 Å². The summed E-state index contributed by atoms with van der Waals surface area (Å²) in [7, 11) is 0. The van der Waals surface area contributed by atoms with Gasteiger partial charge >= 0.3 is 6.03 Å². The number of nitrogens with zero attached hydrogens (tertiary/aromatic N) is 6. The Labute approximate surface area is 212 Å². The SMILES string of the molecule is NC(=O)c1nonc1[C@H](c1cn2ncc(CN3C[C@H]4[C@@H](CNC3=O)C4(F)F)cc2n1)C1CCC(F)(F)CC1. The summed E-state index contributed by atoms with van der Waals surface area (Å²) in [6, 6.07) is 1.24. The second-order valence-corrected chi connectivity index (χ2v) is 10.3. The van der Waals surface area contributed by atoms with Gasteiger partial charge in [-0.3, -0.25) is 4.79 Å². The van der Waals surface area contributed by atoms with Gasteiger partial charge in [0.15, 0.2) is 11.3 Å². The van der Waals surface area contributed by atoms with Gasteiger partial charge in [0.25, 0.3) is 11.8 Å². The van der Waals surface area contributed by atoms with Crippen molar-refractivity contribution < 1.29 is 31.8 Å². The van der Waals surface area contributed by atoms with Gasteiger partial charge in [0.2, 0.25) is 5.92 Å². The second kappa shape index (κ2) is 8.63. The lowest BCUT2D eigenvalue weighted by Crippen LogP contribution is -2.40. The minimum absolute atomic E-state index is 0.0526. The van der Waals surface area contributed by atoms with Crippen LogP contribution in [0.2, 0.25) is 0 Å². The molecule has 1 saturated heterocycles. The van der Waals surface area contributed by atoms with E-state index < -0.39 is 41.5 Å². The predicted molar refractivity (Wildman–Crippen MR) is 120 cm³/mol. The molecule has 0 bridgehead atoms. The highest BCUT2D eigenvalue weighted by atomic mass is 19.3. The summed E-state index contributed by atoms with van der Waals surface area (Å²) in [5.74, 6) is -9.18. The average molecular weight is 536 g/mol. The average Bonchev–Trinajstić information content (AvgIpc) is 3.20. The minimum atomic E-state index is -2.79. The van der Waals surface area contributed by atoms with Crippen LogP contribution in [-0.4, -0.2) is 66.7 Å². The first-order valence-corrected chi connectivity index (χ1v) is 12.3. The highest BCUT2D eigenvalue weighted by Gasteiger charge is 2.69. The maximum absolute atomic E-state index is 13.9. The predicted octanol–water partition coefficient (Wildman–Crippen LogP) is 2.58. The zero-order valence-electron chi connectivity index (χ0n) is 20.0. The molecule has 3 amide bonds. The van der Waals surface area contributed by atoms with Gasteiger partial charge in [-0.05, 0) is 35.5 Å². The van der Waals surface area contributed by atoms with Crippen molar-refractivity contribution in [3.63, 3.8) is 0 Å². The molecule has 0 spiro atoms. The third kappa shape index (κ3) is 4.22. The Kier molecular flexibility index (Phi) is 5.57. The van der Waals surface area contributed by atoms with Crippen LogP contribution in [0.25, 0.3) is 5.65 Å². The zero-order chi connectivity index (χ0) is 26.8. The van der Waals surface area contributed by atoms with E-state index in [0.29, 0.717) is 16.9 Å². The number of urea groups is 1. The molecule has 0 radical (unpaired) electrons. The monoisotopic (exact) mass is 536 g/mol. The molecule has 3 atom stereocenters. The van der Waals surface area contributed by atoms with Crippen LogP contribution in [0, 0.1) is 17.8 Å². The molecule has 2 aliphatic carbocycles. The van der Waals surface area contributed by atoms with Gasteiger partial charge in [-0.15, -0.1) is 0 Å². The summed E-state index contributed by atoms with van der Waals surface area (Å²) in [5.41, 5.74) is 6.73. The molecule has 3 fully saturated rings. The second-order valence-electron chi connectivity index (χ2n) is 10.3. The summed E-state index contributed by atoms with van der Waals surface area (Å²) in [4.78, 5) is 30.3. The number of hydrogen-bond donors (Lipinski definition) is 2. The number of fused-ring (bicyclic) bond motifs is 2. The van der Waals surface area contributed by atoms with Gasteiger partial charge in [0.05, 0.1) is 35.8 Å². The molecule has 3 aliphatic rings. The van der Waals surface area contributed by atoms with E-state index in [1.807, 2.05) is 0 Å². The van der Waals surface area contributed by atoms with Crippen molar-refractivity contribution in [3.05, 3.63) is 41.1 Å². The molecule has 202 valence electrons. The Hall–Kier alpha value is -3.78. The lowest BCUT2D eigenvalue weighted by molar-refractivity contribution is -0.0476. The molecule has 3 aromatic rings. The first-order valence-electron chi connectivity index (χ1n) is 12.3. The smallest absolute Gasteiger partial charge is 0.317 e. The third-order valence-electron chi connectivity index (χ3n) is 7.91. The summed E-state index contributed by atoms with van der Waals surface area (Å²) in [6.07, 6.45) is 2.78. The number of carbonyl (C=O) groups excluding carboxylic acids is 2. The fourth-order valence-corrected chi connectivity index (χ4v) is 5.72. The maximum Gasteiger partial charge on any atom is 0.317 e. The van der Waals surface area contributed by atoms with Crippen molar-refractivity contribution in [1.29, 1.82) is 0 Å². The number of aromatic nitrogens is 5. The summed E-state index contributed by atoms with van der Waals surface area (Å²) in [5, 5.41) is 14.4. The van der Waals surface area contributed by atoms with Crippen LogP contribution in [-0.2, 0) is 6.54 Å². The number of halogens is 4. The molecule has 3 aromatic heterocycles. The topological polar surface area (TPSA) is 145 Å². The van der Waals surface area contributed by atoms with Crippen LogP contribution in [0.4, 0.5) is 22.4 Å². The van der Waals surface area contributed by atoms with Crippen molar-refractivity contribution >= 4 is 17.6 Å². The van der Waals surface area contributed by atoms with Crippen LogP contribution in [0.3, 0.4) is 0 Å². The van der Waals surface area contributed by atoms with Crippen LogP contribution < -0.4 is 11.1 Å². The Morgan fingerprint density at radius 2 is 1.97 bits per heavy atom. The highest BCUT2D eigenvalue weighted by Crippen LogP contribution is 2.55. The van der Waals surface area contributed by atoms with E-state index in [9.17, 15) is 27.2 Å². The molecular weight excluding hydrogens is 512 g/mol. The van der Waals surface area contributed by atoms with Gasteiger partial charge in [-0.2, -0.15) is 5.10 Å². The molecule has 3 N–H and O–H groups in total. The molecule has 6 rings (SSSR count). The lowest BCUT2D eigenvalue weighted by Gasteiger charge is -2.32. The molecule has 0 aromatic carbocycles. The van der Waals surface area contributed by atoms with Crippen molar-refractivity contribution in [2.45, 2.75) is 50.0 Å². The van der Waals surface area contributed by atoms with E-state index in [0.717, 1.165) is 0 Å². The number of primary amides is 1. The quantitative estimate of drug-likeness (QED) is 0.461. The number of rotatable bonds is 6. The third-order valence-corrected chi connectivity index (χ3v) is 7.91. The number of hydrogen-bond acceptors (Lipinski definition) is 7. The van der Waals surface area contributed by atoms with Crippen molar-refractivity contribution in [2.75, 3.05) is 13.1 Å². The summed E-state index contributed by atoms with van der Waals surface area (Å²) < 4.78 is 61.8. The number of alkyl halides is 4. The first-order chi connectivity index (χ1) is 18.0. The van der Waals surface area contributed by atoms with Gasteiger partial charge in [-0.25, -0.2) is 36.5 Å². The van der Waals surface area contributed by atoms with Crippen molar-refractivity contribution in [1.82, 2.24) is 35.1 Å². The van der Waals surface area contributed by atoms with Crippen molar-refractivity contribution in [3.8, 4) is 0 Å². The fraction of sp³-hybridized carbons (Fsp3) is 0.565. The fourth-order valence-electron chi connectivity index (χ4n) is 5.72. The van der Waals surface area contributed by atoms with Gasteiger partial charge in [0.1, 0.15) is 5.69 Å². The normalized spacial score (nSPS) is 25.5. The molecule has 15 heteroatoms. The molecule has 1 aliphatic heterocycles.